The van der Waals surface area contributed by atoms with Gasteiger partial charge >= 0.3 is 0 Å². The first-order valence-corrected chi connectivity index (χ1v) is 12.7. The molecule has 4 rings (SSSR count). The van der Waals surface area contributed by atoms with Gasteiger partial charge in [-0.3, -0.25) is 9.52 Å². The van der Waals surface area contributed by atoms with Crippen molar-refractivity contribution in [3.63, 3.8) is 0 Å². The molecule has 0 radical (unpaired) electrons. The van der Waals surface area contributed by atoms with Crippen molar-refractivity contribution in [3.8, 4) is 0 Å². The van der Waals surface area contributed by atoms with Crippen molar-refractivity contribution in [1.29, 1.82) is 0 Å². The topological polar surface area (TPSA) is 92.3 Å². The fourth-order valence-corrected chi connectivity index (χ4v) is 5.51. The van der Waals surface area contributed by atoms with E-state index >= 15 is 0 Å². The first-order chi connectivity index (χ1) is 15.2. The van der Waals surface area contributed by atoms with Crippen LogP contribution in [0.5, 0.6) is 0 Å². The van der Waals surface area contributed by atoms with Gasteiger partial charge in [-0.2, -0.15) is 12.8 Å². The average molecular weight is 552 g/mol. The first kappa shape index (κ1) is 22.7. The van der Waals surface area contributed by atoms with E-state index in [1.54, 1.807) is 43.4 Å². The van der Waals surface area contributed by atoms with Crippen molar-refractivity contribution in [2.75, 3.05) is 11.8 Å². The van der Waals surface area contributed by atoms with Gasteiger partial charge in [0.2, 0.25) is 0 Å². The summed E-state index contributed by atoms with van der Waals surface area (Å²) in [6.07, 6.45) is 2.89. The lowest BCUT2D eigenvalue weighted by Crippen LogP contribution is -2.27. The van der Waals surface area contributed by atoms with Gasteiger partial charge < -0.3 is 4.90 Å². The number of hydrogen-bond acceptors (Lipinski definition) is 6. The normalized spacial score (nSPS) is 11.5. The molecule has 1 N–H and O–H groups in total. The number of carbonyl (C=O) groups excluding carboxylic acids is 1. The molecule has 0 aliphatic heterocycles. The molecular formula is C21H16BrClN4O3S2. The van der Waals surface area contributed by atoms with Gasteiger partial charge in [-0.1, -0.05) is 39.7 Å². The number of carbonyl (C=O) groups is 1. The quantitative estimate of drug-likeness (QED) is 0.356. The van der Waals surface area contributed by atoms with E-state index in [1.165, 1.54) is 28.8 Å². The standard InChI is InChI=1S/C21H16BrClN4O3S2/c1-27(12-13-2-5-15(23)6-3-13)21(28)16-7-4-14(22)10-18(16)26-32(29,30)20-17-11-25-31-19(17)8-9-24-20/h2-11,26H,12H2,1H3. The summed E-state index contributed by atoms with van der Waals surface area (Å²) in [7, 11) is -2.42. The molecule has 0 spiro atoms. The van der Waals surface area contributed by atoms with Crippen molar-refractivity contribution < 1.29 is 13.2 Å². The predicted octanol–water partition coefficient (Wildman–Crippen LogP) is 5.18. The molecule has 2 heterocycles. The summed E-state index contributed by atoms with van der Waals surface area (Å²) in [5, 5.41) is 0.890. The number of benzene rings is 2. The highest BCUT2D eigenvalue weighted by Crippen LogP contribution is 2.28. The Balaban J connectivity index is 1.65. The van der Waals surface area contributed by atoms with Crippen molar-refractivity contribution in [3.05, 3.63) is 81.5 Å². The number of nitrogens with one attached hydrogen (secondary N) is 1. The van der Waals surface area contributed by atoms with Crippen LogP contribution in [0.15, 0.2) is 70.4 Å². The molecule has 164 valence electrons. The molecule has 0 atom stereocenters. The minimum absolute atomic E-state index is 0.142. The fourth-order valence-electron chi connectivity index (χ4n) is 3.11. The van der Waals surface area contributed by atoms with E-state index in [1.807, 2.05) is 12.1 Å². The summed E-state index contributed by atoms with van der Waals surface area (Å²) in [6, 6.07) is 13.7. The Labute approximate surface area is 202 Å². The molecule has 0 unspecified atom stereocenters. The minimum atomic E-state index is -4.07. The fraction of sp³-hybridized carbons (Fsp3) is 0.0952. The second kappa shape index (κ2) is 9.14. The second-order valence-corrected chi connectivity index (χ2v) is 10.7. The maximum atomic E-state index is 13.2. The maximum absolute atomic E-state index is 13.2. The van der Waals surface area contributed by atoms with E-state index in [0.717, 1.165) is 5.56 Å². The molecule has 0 saturated heterocycles. The first-order valence-electron chi connectivity index (χ1n) is 9.26. The third-order valence-corrected chi connectivity index (χ3v) is 7.47. The van der Waals surface area contributed by atoms with Gasteiger partial charge in [0.05, 0.1) is 27.5 Å². The summed E-state index contributed by atoms with van der Waals surface area (Å²) >= 11 is 10.5. The number of halogens is 2. The van der Waals surface area contributed by atoms with E-state index in [-0.39, 0.29) is 22.2 Å². The molecule has 2 aromatic carbocycles. The third-order valence-electron chi connectivity index (χ3n) is 4.64. The van der Waals surface area contributed by atoms with Crippen LogP contribution in [-0.2, 0) is 16.6 Å². The van der Waals surface area contributed by atoms with Gasteiger partial charge in [0, 0.05) is 29.3 Å². The monoisotopic (exact) mass is 550 g/mol. The largest absolute Gasteiger partial charge is 0.337 e. The zero-order valence-corrected chi connectivity index (χ0v) is 20.6. The van der Waals surface area contributed by atoms with Crippen LogP contribution >= 0.6 is 39.1 Å². The van der Waals surface area contributed by atoms with Gasteiger partial charge in [0.1, 0.15) is 0 Å². The van der Waals surface area contributed by atoms with Gasteiger partial charge in [-0.25, -0.2) is 4.98 Å². The average Bonchev–Trinajstić information content (AvgIpc) is 3.23. The Kier molecular flexibility index (Phi) is 6.47. The molecule has 0 bridgehead atoms. The number of fused-ring (bicyclic) bond motifs is 1. The maximum Gasteiger partial charge on any atom is 0.280 e. The highest BCUT2D eigenvalue weighted by atomic mass is 79.9. The summed E-state index contributed by atoms with van der Waals surface area (Å²) in [5.74, 6) is -0.339. The summed E-state index contributed by atoms with van der Waals surface area (Å²) in [4.78, 5) is 18.7. The van der Waals surface area contributed by atoms with Gasteiger partial charge in [-0.05, 0) is 53.5 Å². The van der Waals surface area contributed by atoms with Crippen molar-refractivity contribution >= 4 is 70.8 Å². The molecule has 0 aliphatic carbocycles. The van der Waals surface area contributed by atoms with Crippen LogP contribution < -0.4 is 4.72 Å². The Morgan fingerprint density at radius 2 is 1.94 bits per heavy atom. The number of hydrogen-bond donors (Lipinski definition) is 1. The van der Waals surface area contributed by atoms with Crippen LogP contribution in [0.25, 0.3) is 10.1 Å². The molecule has 4 aromatic rings. The van der Waals surface area contributed by atoms with Gasteiger partial charge in [0.25, 0.3) is 15.9 Å². The highest BCUT2D eigenvalue weighted by molar-refractivity contribution is 9.10. The highest BCUT2D eigenvalue weighted by Gasteiger charge is 2.24. The molecule has 1 amide bonds. The van der Waals surface area contributed by atoms with E-state index in [9.17, 15) is 13.2 Å². The van der Waals surface area contributed by atoms with E-state index in [2.05, 4.69) is 30.0 Å². The molecule has 2 aromatic heterocycles. The lowest BCUT2D eigenvalue weighted by atomic mass is 10.1. The molecule has 0 saturated carbocycles. The number of sulfonamides is 1. The van der Waals surface area contributed by atoms with E-state index in [0.29, 0.717) is 26.1 Å². The van der Waals surface area contributed by atoms with Gasteiger partial charge in [-0.15, -0.1) is 0 Å². The van der Waals surface area contributed by atoms with Crippen molar-refractivity contribution in [2.24, 2.45) is 0 Å². The number of amides is 1. The van der Waals surface area contributed by atoms with E-state index < -0.39 is 10.0 Å². The molecule has 7 nitrogen and oxygen atoms in total. The third kappa shape index (κ3) is 4.78. The van der Waals surface area contributed by atoms with Crippen LogP contribution in [-0.4, -0.2) is 35.6 Å². The Hall–Kier alpha value is -2.53. The van der Waals surface area contributed by atoms with Crippen molar-refractivity contribution in [1.82, 2.24) is 14.3 Å². The lowest BCUT2D eigenvalue weighted by molar-refractivity contribution is 0.0786. The predicted molar refractivity (Wildman–Crippen MR) is 130 cm³/mol. The second-order valence-electron chi connectivity index (χ2n) is 6.94. The SMILES string of the molecule is CN(Cc1ccc(Cl)cc1)C(=O)c1ccc(Br)cc1NS(=O)(=O)c1nccc2sncc12. The Bertz CT molecular complexity index is 1410. The Morgan fingerprint density at radius 3 is 2.69 bits per heavy atom. The zero-order valence-electron chi connectivity index (χ0n) is 16.6. The minimum Gasteiger partial charge on any atom is -0.337 e. The molecule has 11 heteroatoms. The van der Waals surface area contributed by atoms with Crippen LogP contribution in [0.3, 0.4) is 0 Å². The smallest absolute Gasteiger partial charge is 0.280 e. The van der Waals surface area contributed by atoms with Crippen LogP contribution in [0, 0.1) is 0 Å². The number of nitrogens with zero attached hydrogens (tertiary/aromatic N) is 3. The van der Waals surface area contributed by atoms with E-state index in [4.69, 9.17) is 11.6 Å². The van der Waals surface area contributed by atoms with Crippen LogP contribution in [0.1, 0.15) is 15.9 Å². The molecule has 32 heavy (non-hydrogen) atoms. The number of rotatable bonds is 6. The van der Waals surface area contributed by atoms with Crippen molar-refractivity contribution in [2.45, 2.75) is 11.6 Å². The van der Waals surface area contributed by atoms with Crippen LogP contribution in [0.4, 0.5) is 5.69 Å². The van der Waals surface area contributed by atoms with Gasteiger partial charge in [0.15, 0.2) is 5.03 Å². The number of pyridine rings is 1. The Morgan fingerprint density at radius 1 is 1.19 bits per heavy atom. The summed E-state index contributed by atoms with van der Waals surface area (Å²) < 4.78 is 34.2. The van der Waals surface area contributed by atoms with Crippen LogP contribution in [0.2, 0.25) is 5.02 Å². The molecule has 0 fully saturated rings. The lowest BCUT2D eigenvalue weighted by Gasteiger charge is -2.20. The molecular weight excluding hydrogens is 536 g/mol. The number of aromatic nitrogens is 2. The summed E-state index contributed by atoms with van der Waals surface area (Å²) in [6.45, 7) is 0.333. The number of anilines is 1. The summed E-state index contributed by atoms with van der Waals surface area (Å²) in [5.41, 5.74) is 1.25. The zero-order chi connectivity index (χ0) is 22.9. The molecule has 0 aliphatic rings.